The second kappa shape index (κ2) is 13.3. The van der Waals surface area contributed by atoms with Crippen LogP contribution in [0.15, 0.2) is 78.9 Å². The largest absolute Gasteiger partial charge is 0.456 e. The van der Waals surface area contributed by atoms with Gasteiger partial charge in [-0.1, -0.05) is 79.9 Å². The van der Waals surface area contributed by atoms with E-state index in [2.05, 4.69) is 31.9 Å². The van der Waals surface area contributed by atoms with Crippen molar-refractivity contribution in [3.63, 3.8) is 0 Å². The number of alkyl halides is 2. The van der Waals surface area contributed by atoms with Crippen molar-refractivity contribution in [2.45, 2.75) is 41.9 Å². The third-order valence-electron chi connectivity index (χ3n) is 7.82. The van der Waals surface area contributed by atoms with Gasteiger partial charge in [0, 0.05) is 21.6 Å². The minimum atomic E-state index is -1.20. The van der Waals surface area contributed by atoms with Gasteiger partial charge in [0.25, 0.3) is 0 Å². The van der Waals surface area contributed by atoms with Crippen LogP contribution < -0.4 is 4.74 Å². The average Bonchev–Trinajstić information content (AvgIpc) is 3.23. The van der Waals surface area contributed by atoms with Crippen LogP contribution in [0.2, 0.25) is 0 Å². The number of carbonyl (C=O) groups excluding carboxylic acids is 5. The van der Waals surface area contributed by atoms with Crippen molar-refractivity contribution in [3.05, 3.63) is 101 Å². The van der Waals surface area contributed by atoms with E-state index in [0.717, 1.165) is 16.0 Å². The zero-order chi connectivity index (χ0) is 30.7. The summed E-state index contributed by atoms with van der Waals surface area (Å²) < 4.78 is 10.8. The maximum absolute atomic E-state index is 13.5. The Labute approximate surface area is 266 Å². The molecule has 1 heterocycles. The van der Waals surface area contributed by atoms with Gasteiger partial charge >= 0.3 is 11.9 Å². The first-order valence-corrected chi connectivity index (χ1v) is 15.7. The van der Waals surface area contributed by atoms with Crippen molar-refractivity contribution in [3.8, 4) is 5.75 Å². The molecule has 8 nitrogen and oxygen atoms in total. The van der Waals surface area contributed by atoms with Gasteiger partial charge in [0.2, 0.25) is 11.8 Å². The Morgan fingerprint density at radius 3 is 1.95 bits per heavy atom. The van der Waals surface area contributed by atoms with E-state index in [1.54, 1.807) is 36.4 Å². The SMILES string of the molecule is Cc1ccc(C(=O)Oc2ccc(C(=O)COC(=O)C(Cc3ccccc3)N3C(=O)C4CC(Br)C(Br)CC4C3=O)cc2)cc1. The number of hydrogen-bond donors (Lipinski definition) is 0. The second-order valence-electron chi connectivity index (χ2n) is 10.8. The van der Waals surface area contributed by atoms with Gasteiger partial charge in [-0.25, -0.2) is 9.59 Å². The number of aryl methyl sites for hydroxylation is 1. The van der Waals surface area contributed by atoms with E-state index in [4.69, 9.17) is 9.47 Å². The van der Waals surface area contributed by atoms with Crippen LogP contribution >= 0.6 is 31.9 Å². The number of ketones is 1. The van der Waals surface area contributed by atoms with E-state index in [1.165, 1.54) is 24.3 Å². The molecule has 0 bridgehead atoms. The first-order chi connectivity index (χ1) is 20.6. The number of fused-ring (bicyclic) bond motifs is 1. The standard InChI is InChI=1S/C33H29Br2NO7/c1-19-7-9-22(10-8-19)32(40)43-23-13-11-21(12-14-23)29(37)18-42-33(41)28(15-20-5-3-2-4-6-20)36-30(38)24-16-26(34)27(35)17-25(24)31(36)39/h2-14,24-28H,15-18H2,1H3. The summed E-state index contributed by atoms with van der Waals surface area (Å²) in [4.78, 5) is 66.8. The maximum Gasteiger partial charge on any atom is 0.343 e. The zero-order valence-corrected chi connectivity index (χ0v) is 26.5. The maximum atomic E-state index is 13.5. The number of amides is 2. The molecule has 0 spiro atoms. The van der Waals surface area contributed by atoms with Crippen LogP contribution in [0, 0.1) is 18.8 Å². The smallest absolute Gasteiger partial charge is 0.343 e. The summed E-state index contributed by atoms with van der Waals surface area (Å²) in [5.74, 6) is -3.40. The molecule has 3 aromatic rings. The Kier molecular flexibility index (Phi) is 9.56. The molecule has 0 radical (unpaired) electrons. The van der Waals surface area contributed by atoms with Gasteiger partial charge in [-0.05, 0) is 61.7 Å². The molecule has 222 valence electrons. The number of benzene rings is 3. The van der Waals surface area contributed by atoms with Crippen LogP contribution in [-0.4, -0.2) is 56.7 Å². The van der Waals surface area contributed by atoms with E-state index in [0.29, 0.717) is 18.4 Å². The van der Waals surface area contributed by atoms with Crippen LogP contribution in [0.3, 0.4) is 0 Å². The quantitative estimate of drug-likeness (QED) is 0.0953. The average molecular weight is 711 g/mol. The molecular formula is C33H29Br2NO7. The molecular weight excluding hydrogens is 682 g/mol. The molecule has 3 aromatic carbocycles. The lowest BCUT2D eigenvalue weighted by molar-refractivity contribution is -0.158. The van der Waals surface area contributed by atoms with Crippen molar-refractivity contribution in [2.75, 3.05) is 6.61 Å². The molecule has 2 aliphatic rings. The number of imide groups is 1. The molecule has 1 aliphatic carbocycles. The third-order valence-corrected chi connectivity index (χ3v) is 10.6. The van der Waals surface area contributed by atoms with Gasteiger partial charge < -0.3 is 9.47 Å². The molecule has 1 saturated heterocycles. The monoisotopic (exact) mass is 709 g/mol. The fraction of sp³-hybridized carbons (Fsp3) is 0.303. The van der Waals surface area contributed by atoms with E-state index in [9.17, 15) is 24.0 Å². The van der Waals surface area contributed by atoms with E-state index in [1.807, 2.05) is 25.1 Å². The normalized spacial score (nSPS) is 22.1. The third kappa shape index (κ3) is 6.96. The number of ether oxygens (including phenoxy) is 2. The van der Waals surface area contributed by atoms with Crippen LogP contribution in [-0.2, 0) is 25.5 Å². The first kappa shape index (κ1) is 30.8. The van der Waals surface area contributed by atoms with Crippen molar-refractivity contribution in [1.82, 2.24) is 4.90 Å². The number of nitrogens with zero attached hydrogens (tertiary/aromatic N) is 1. The molecule has 0 aromatic heterocycles. The summed E-state index contributed by atoms with van der Waals surface area (Å²) in [6.07, 6.45) is 1.02. The summed E-state index contributed by atoms with van der Waals surface area (Å²) in [5, 5.41) is 0. The van der Waals surface area contributed by atoms with Gasteiger partial charge in [0.1, 0.15) is 11.8 Å². The molecule has 5 unspecified atom stereocenters. The second-order valence-corrected chi connectivity index (χ2v) is 13.1. The lowest BCUT2D eigenvalue weighted by atomic mass is 9.81. The molecule has 5 atom stereocenters. The Morgan fingerprint density at radius 1 is 0.814 bits per heavy atom. The van der Waals surface area contributed by atoms with Gasteiger partial charge in [0.05, 0.1) is 17.4 Å². The Bertz CT molecular complexity index is 1500. The molecule has 1 aliphatic heterocycles. The number of halogens is 2. The molecule has 5 rings (SSSR count). The van der Waals surface area contributed by atoms with Crippen molar-refractivity contribution in [2.24, 2.45) is 11.8 Å². The summed E-state index contributed by atoms with van der Waals surface area (Å²) in [6.45, 7) is 1.34. The van der Waals surface area contributed by atoms with Crippen LogP contribution in [0.25, 0.3) is 0 Å². The predicted octanol–water partition coefficient (Wildman–Crippen LogP) is 5.47. The van der Waals surface area contributed by atoms with Gasteiger partial charge in [-0.15, -0.1) is 0 Å². The number of esters is 2. The number of carbonyl (C=O) groups is 5. The lowest BCUT2D eigenvalue weighted by Gasteiger charge is -2.29. The molecule has 0 N–H and O–H groups in total. The van der Waals surface area contributed by atoms with Gasteiger partial charge in [0.15, 0.2) is 12.4 Å². The summed E-state index contributed by atoms with van der Waals surface area (Å²) in [5.41, 5.74) is 2.41. The highest BCUT2D eigenvalue weighted by Gasteiger charge is 2.55. The fourth-order valence-corrected chi connectivity index (χ4v) is 6.66. The minimum absolute atomic E-state index is 0.0279. The number of hydrogen-bond acceptors (Lipinski definition) is 7. The highest BCUT2D eigenvalue weighted by Crippen LogP contribution is 2.44. The number of Topliss-reactive ketones (excluding diaryl/α,β-unsaturated/α-hetero) is 1. The van der Waals surface area contributed by atoms with Crippen molar-refractivity contribution in [1.29, 1.82) is 0 Å². The minimum Gasteiger partial charge on any atom is -0.456 e. The summed E-state index contributed by atoms with van der Waals surface area (Å²) in [6, 6.07) is 20.7. The molecule has 1 saturated carbocycles. The Morgan fingerprint density at radius 2 is 1.37 bits per heavy atom. The fourth-order valence-electron chi connectivity index (χ4n) is 5.43. The van der Waals surface area contributed by atoms with E-state index < -0.39 is 42.2 Å². The van der Waals surface area contributed by atoms with E-state index in [-0.39, 0.29) is 39.2 Å². The number of likely N-dealkylation sites (tertiary alicyclic amines) is 1. The van der Waals surface area contributed by atoms with Crippen LogP contribution in [0.4, 0.5) is 0 Å². The molecule has 2 fully saturated rings. The predicted molar refractivity (Wildman–Crippen MR) is 165 cm³/mol. The topological polar surface area (TPSA) is 107 Å². The Hall–Kier alpha value is -3.63. The van der Waals surface area contributed by atoms with Gasteiger partial charge in [-0.2, -0.15) is 0 Å². The highest BCUT2D eigenvalue weighted by atomic mass is 79.9. The molecule has 2 amide bonds. The lowest BCUT2D eigenvalue weighted by Crippen LogP contribution is -2.48. The van der Waals surface area contributed by atoms with Gasteiger partial charge in [-0.3, -0.25) is 19.3 Å². The van der Waals surface area contributed by atoms with E-state index >= 15 is 0 Å². The molecule has 10 heteroatoms. The summed E-state index contributed by atoms with van der Waals surface area (Å²) in [7, 11) is 0. The Balaban J connectivity index is 1.26. The zero-order valence-electron chi connectivity index (χ0n) is 23.3. The van der Waals surface area contributed by atoms with Crippen LogP contribution in [0.1, 0.15) is 44.7 Å². The van der Waals surface area contributed by atoms with Crippen molar-refractivity contribution >= 4 is 61.4 Å². The van der Waals surface area contributed by atoms with Crippen molar-refractivity contribution < 1.29 is 33.4 Å². The van der Waals surface area contributed by atoms with Crippen LogP contribution in [0.5, 0.6) is 5.75 Å². The summed E-state index contributed by atoms with van der Waals surface area (Å²) >= 11 is 7.17. The highest BCUT2D eigenvalue weighted by molar-refractivity contribution is 9.12. The first-order valence-electron chi connectivity index (χ1n) is 13.9. The molecule has 43 heavy (non-hydrogen) atoms. The number of rotatable bonds is 9.